The topological polar surface area (TPSA) is 58.6 Å². The summed E-state index contributed by atoms with van der Waals surface area (Å²) in [6, 6.07) is 11.1. The van der Waals surface area contributed by atoms with Crippen molar-refractivity contribution in [3.63, 3.8) is 0 Å². The summed E-state index contributed by atoms with van der Waals surface area (Å²) in [4.78, 5) is 26.5. The van der Waals surface area contributed by atoms with E-state index in [1.54, 1.807) is 35.6 Å². The smallest absolute Gasteiger partial charge is 0.258 e. The lowest BCUT2D eigenvalue weighted by atomic mass is 10.2. The summed E-state index contributed by atoms with van der Waals surface area (Å²) >= 11 is 1.73. The van der Waals surface area contributed by atoms with E-state index in [0.717, 1.165) is 19.4 Å². The highest BCUT2D eigenvalue weighted by atomic mass is 32.1. The third-order valence-electron chi connectivity index (χ3n) is 4.33. The van der Waals surface area contributed by atoms with Crippen LogP contribution in [0.1, 0.15) is 34.1 Å². The molecule has 1 fully saturated rings. The summed E-state index contributed by atoms with van der Waals surface area (Å²) in [5.74, 6) is 0.440. The highest BCUT2D eigenvalue weighted by Gasteiger charge is 2.24. The van der Waals surface area contributed by atoms with Crippen LogP contribution in [0.15, 0.2) is 41.8 Å². The van der Waals surface area contributed by atoms with E-state index in [2.05, 4.69) is 27.7 Å². The van der Waals surface area contributed by atoms with Crippen LogP contribution < -0.4 is 10.1 Å². The largest absolute Gasteiger partial charge is 0.484 e. The van der Waals surface area contributed by atoms with Gasteiger partial charge in [-0.3, -0.25) is 14.5 Å². The van der Waals surface area contributed by atoms with Crippen LogP contribution in [-0.4, -0.2) is 43.3 Å². The molecule has 1 aromatic carbocycles. The Morgan fingerprint density at radius 3 is 2.64 bits per heavy atom. The number of hydrogen-bond acceptors (Lipinski definition) is 5. The third kappa shape index (κ3) is 4.90. The van der Waals surface area contributed by atoms with Crippen molar-refractivity contribution >= 4 is 23.5 Å². The van der Waals surface area contributed by atoms with Crippen molar-refractivity contribution in [3.8, 4) is 5.75 Å². The molecule has 1 saturated heterocycles. The Morgan fingerprint density at radius 2 is 2.00 bits per heavy atom. The van der Waals surface area contributed by atoms with E-state index < -0.39 is 0 Å². The van der Waals surface area contributed by atoms with Gasteiger partial charge >= 0.3 is 0 Å². The van der Waals surface area contributed by atoms with Crippen LogP contribution >= 0.6 is 11.3 Å². The molecule has 1 aliphatic heterocycles. The molecule has 1 aliphatic rings. The van der Waals surface area contributed by atoms with E-state index in [4.69, 9.17) is 4.74 Å². The fourth-order valence-corrected chi connectivity index (χ4v) is 3.86. The van der Waals surface area contributed by atoms with E-state index in [1.165, 1.54) is 17.7 Å². The number of rotatable bonds is 8. The number of likely N-dealkylation sites (tertiary alicyclic amines) is 1. The summed E-state index contributed by atoms with van der Waals surface area (Å²) < 4.78 is 5.48. The normalized spacial score (nSPS) is 15.7. The van der Waals surface area contributed by atoms with Gasteiger partial charge in [0.2, 0.25) is 0 Å². The van der Waals surface area contributed by atoms with E-state index >= 15 is 0 Å². The fraction of sp³-hybridized carbons (Fsp3) is 0.368. The number of nitrogens with zero attached hydrogens (tertiary/aromatic N) is 1. The Hall–Kier alpha value is -2.18. The van der Waals surface area contributed by atoms with Crippen LogP contribution in [0.3, 0.4) is 0 Å². The van der Waals surface area contributed by atoms with E-state index in [9.17, 15) is 9.59 Å². The average Bonchev–Trinajstić information content (AvgIpc) is 3.35. The molecule has 0 aliphatic carbocycles. The van der Waals surface area contributed by atoms with Gasteiger partial charge in [0.15, 0.2) is 6.61 Å². The second-order valence-electron chi connectivity index (χ2n) is 6.05. The van der Waals surface area contributed by atoms with Crippen LogP contribution in [0.25, 0.3) is 0 Å². The van der Waals surface area contributed by atoms with E-state index in [-0.39, 0.29) is 18.6 Å². The van der Waals surface area contributed by atoms with Crippen molar-refractivity contribution in [1.29, 1.82) is 0 Å². The highest BCUT2D eigenvalue weighted by molar-refractivity contribution is 7.10. The van der Waals surface area contributed by atoms with Gasteiger partial charge in [0, 0.05) is 17.0 Å². The second-order valence-corrected chi connectivity index (χ2v) is 7.03. The Kier molecular flexibility index (Phi) is 6.19. The molecule has 1 amide bonds. The first-order valence-electron chi connectivity index (χ1n) is 8.48. The van der Waals surface area contributed by atoms with Gasteiger partial charge in [0.25, 0.3) is 5.91 Å². The van der Waals surface area contributed by atoms with Gasteiger partial charge in [-0.2, -0.15) is 0 Å². The first-order chi connectivity index (χ1) is 12.3. The number of amides is 1. The number of nitrogens with one attached hydrogen (secondary N) is 1. The number of hydrogen-bond donors (Lipinski definition) is 1. The maximum Gasteiger partial charge on any atom is 0.258 e. The zero-order valence-corrected chi connectivity index (χ0v) is 14.8. The number of aldehydes is 1. The second kappa shape index (κ2) is 8.78. The predicted molar refractivity (Wildman–Crippen MR) is 98.2 cm³/mol. The molecule has 2 heterocycles. The lowest BCUT2D eigenvalue weighted by Gasteiger charge is -2.26. The summed E-state index contributed by atoms with van der Waals surface area (Å²) in [6.07, 6.45) is 3.21. The molecule has 5 nitrogen and oxygen atoms in total. The SMILES string of the molecule is O=Cc1ccc(OCC(=O)NCC(c2cccs2)N2CCCC2)cc1. The van der Waals surface area contributed by atoms with Gasteiger partial charge in [0.1, 0.15) is 12.0 Å². The number of thiophene rings is 1. The van der Waals surface area contributed by atoms with Gasteiger partial charge in [0.05, 0.1) is 6.04 Å². The van der Waals surface area contributed by atoms with Gasteiger partial charge in [-0.05, 0) is 61.6 Å². The Bertz CT molecular complexity index is 679. The minimum absolute atomic E-state index is 0.0302. The molecule has 1 aromatic heterocycles. The Labute approximate surface area is 151 Å². The maximum absolute atomic E-state index is 12.1. The van der Waals surface area contributed by atoms with Crippen molar-refractivity contribution < 1.29 is 14.3 Å². The molecule has 1 atom stereocenters. The molecule has 0 spiro atoms. The van der Waals surface area contributed by atoms with Gasteiger partial charge in [-0.25, -0.2) is 0 Å². The lowest BCUT2D eigenvalue weighted by Crippen LogP contribution is -2.38. The Balaban J connectivity index is 1.50. The van der Waals surface area contributed by atoms with Crippen molar-refractivity contribution in [1.82, 2.24) is 10.2 Å². The minimum atomic E-state index is -0.139. The van der Waals surface area contributed by atoms with Crippen molar-refractivity contribution in [2.24, 2.45) is 0 Å². The zero-order valence-electron chi connectivity index (χ0n) is 14.0. The summed E-state index contributed by atoms with van der Waals surface area (Å²) in [5.41, 5.74) is 0.584. The fourth-order valence-electron chi connectivity index (χ4n) is 3.00. The zero-order chi connectivity index (χ0) is 17.5. The van der Waals surface area contributed by atoms with Crippen molar-refractivity contribution in [3.05, 3.63) is 52.2 Å². The third-order valence-corrected chi connectivity index (χ3v) is 5.31. The summed E-state index contributed by atoms with van der Waals surface area (Å²) in [6.45, 7) is 2.72. The standard InChI is InChI=1S/C19H22N2O3S/c22-13-15-5-7-16(8-6-15)24-14-19(23)20-12-17(18-4-3-11-25-18)21-9-1-2-10-21/h3-8,11,13,17H,1-2,9-10,12,14H2,(H,20,23). The van der Waals surface area contributed by atoms with E-state index in [0.29, 0.717) is 17.9 Å². The maximum atomic E-state index is 12.1. The lowest BCUT2D eigenvalue weighted by molar-refractivity contribution is -0.123. The molecule has 6 heteroatoms. The van der Waals surface area contributed by atoms with Crippen molar-refractivity contribution in [2.45, 2.75) is 18.9 Å². The number of carbonyl (C=O) groups is 2. The molecule has 1 N–H and O–H groups in total. The van der Waals surface area contributed by atoms with Crippen LogP contribution in [0, 0.1) is 0 Å². The summed E-state index contributed by atoms with van der Waals surface area (Å²) in [7, 11) is 0. The quantitative estimate of drug-likeness (QED) is 0.737. The monoisotopic (exact) mass is 358 g/mol. The molecule has 132 valence electrons. The summed E-state index contributed by atoms with van der Waals surface area (Å²) in [5, 5.41) is 5.06. The van der Waals surface area contributed by atoms with Crippen LogP contribution in [0.4, 0.5) is 0 Å². The van der Waals surface area contributed by atoms with E-state index in [1.807, 2.05) is 0 Å². The number of carbonyl (C=O) groups excluding carboxylic acids is 2. The molecule has 25 heavy (non-hydrogen) atoms. The minimum Gasteiger partial charge on any atom is -0.484 e. The molecule has 2 aromatic rings. The molecule has 0 bridgehead atoms. The average molecular weight is 358 g/mol. The molecule has 0 radical (unpaired) electrons. The first-order valence-corrected chi connectivity index (χ1v) is 9.36. The van der Waals surface area contributed by atoms with Crippen molar-refractivity contribution in [2.75, 3.05) is 26.2 Å². The molecular formula is C19H22N2O3S. The molecule has 1 unspecified atom stereocenters. The molecule has 3 rings (SSSR count). The van der Waals surface area contributed by atoms with Crippen LogP contribution in [-0.2, 0) is 4.79 Å². The molecular weight excluding hydrogens is 336 g/mol. The first kappa shape index (κ1) is 17.6. The van der Waals surface area contributed by atoms with Gasteiger partial charge in [-0.1, -0.05) is 6.07 Å². The predicted octanol–water partition coefficient (Wildman–Crippen LogP) is 2.89. The van der Waals surface area contributed by atoms with Gasteiger partial charge in [-0.15, -0.1) is 11.3 Å². The number of ether oxygens (including phenoxy) is 1. The van der Waals surface area contributed by atoms with Gasteiger partial charge < -0.3 is 10.1 Å². The Morgan fingerprint density at radius 1 is 1.24 bits per heavy atom. The molecule has 0 saturated carbocycles. The van der Waals surface area contributed by atoms with Crippen LogP contribution in [0.5, 0.6) is 5.75 Å². The highest BCUT2D eigenvalue weighted by Crippen LogP contribution is 2.27. The van der Waals surface area contributed by atoms with Crippen LogP contribution in [0.2, 0.25) is 0 Å². The number of benzene rings is 1.